The summed E-state index contributed by atoms with van der Waals surface area (Å²) in [6.45, 7) is 10.3. The average molecular weight is 270 g/mol. The van der Waals surface area contributed by atoms with E-state index >= 15 is 0 Å². The average Bonchev–Trinajstić information content (AvgIpc) is 2.65. The number of hydrogen-bond donors (Lipinski definition) is 0. The summed E-state index contributed by atoms with van der Waals surface area (Å²) in [7, 11) is 0. The van der Waals surface area contributed by atoms with Crippen LogP contribution in [0.1, 0.15) is 46.7 Å². The van der Waals surface area contributed by atoms with Gasteiger partial charge < -0.3 is 0 Å². The first kappa shape index (κ1) is 14.5. The SMILES string of the molecule is Cc1cccc(C(=O)n2nc(C)c(CC(C)C)c2C)c1. The summed E-state index contributed by atoms with van der Waals surface area (Å²) in [5.41, 5.74) is 4.88. The predicted molar refractivity (Wildman–Crippen MR) is 81.2 cm³/mol. The highest BCUT2D eigenvalue weighted by atomic mass is 16.2. The molecular formula is C17H22N2O. The lowest BCUT2D eigenvalue weighted by Gasteiger charge is -2.07. The zero-order chi connectivity index (χ0) is 14.9. The Kier molecular flexibility index (Phi) is 4.07. The second-order valence-corrected chi connectivity index (χ2v) is 5.83. The number of rotatable bonds is 3. The van der Waals surface area contributed by atoms with E-state index in [0.29, 0.717) is 11.5 Å². The van der Waals surface area contributed by atoms with Gasteiger partial charge in [-0.2, -0.15) is 5.10 Å². The summed E-state index contributed by atoms with van der Waals surface area (Å²) >= 11 is 0. The molecule has 0 radical (unpaired) electrons. The van der Waals surface area contributed by atoms with E-state index in [-0.39, 0.29) is 5.91 Å². The second kappa shape index (κ2) is 5.61. The Morgan fingerprint density at radius 1 is 1.25 bits per heavy atom. The van der Waals surface area contributed by atoms with E-state index in [2.05, 4.69) is 18.9 Å². The number of aromatic nitrogens is 2. The maximum atomic E-state index is 12.6. The van der Waals surface area contributed by atoms with Crippen LogP contribution in [0, 0.1) is 26.7 Å². The van der Waals surface area contributed by atoms with Crippen molar-refractivity contribution in [2.24, 2.45) is 5.92 Å². The molecule has 1 aromatic heterocycles. The number of hydrogen-bond acceptors (Lipinski definition) is 2. The molecule has 0 N–H and O–H groups in total. The highest BCUT2D eigenvalue weighted by molar-refractivity contribution is 5.96. The van der Waals surface area contributed by atoms with Gasteiger partial charge in [-0.05, 0) is 50.8 Å². The summed E-state index contributed by atoms with van der Waals surface area (Å²) in [5, 5.41) is 4.44. The summed E-state index contributed by atoms with van der Waals surface area (Å²) in [4.78, 5) is 12.6. The lowest BCUT2D eigenvalue weighted by atomic mass is 10.0. The van der Waals surface area contributed by atoms with Gasteiger partial charge in [0.05, 0.1) is 5.69 Å². The van der Waals surface area contributed by atoms with Gasteiger partial charge in [-0.25, -0.2) is 4.68 Å². The van der Waals surface area contributed by atoms with Crippen molar-refractivity contribution in [2.45, 2.75) is 41.0 Å². The van der Waals surface area contributed by atoms with Crippen molar-refractivity contribution in [3.8, 4) is 0 Å². The van der Waals surface area contributed by atoms with Crippen molar-refractivity contribution in [3.05, 3.63) is 52.3 Å². The first-order valence-corrected chi connectivity index (χ1v) is 7.06. The maximum absolute atomic E-state index is 12.6. The van der Waals surface area contributed by atoms with Gasteiger partial charge >= 0.3 is 0 Å². The van der Waals surface area contributed by atoms with Crippen molar-refractivity contribution < 1.29 is 4.79 Å². The van der Waals surface area contributed by atoms with E-state index in [4.69, 9.17) is 0 Å². The number of carbonyl (C=O) groups is 1. The third kappa shape index (κ3) is 2.82. The molecule has 3 nitrogen and oxygen atoms in total. The van der Waals surface area contributed by atoms with E-state index in [9.17, 15) is 4.79 Å². The van der Waals surface area contributed by atoms with Gasteiger partial charge in [0.25, 0.3) is 5.91 Å². The minimum Gasteiger partial charge on any atom is -0.267 e. The Morgan fingerprint density at radius 2 is 1.95 bits per heavy atom. The Morgan fingerprint density at radius 3 is 2.55 bits per heavy atom. The monoisotopic (exact) mass is 270 g/mol. The van der Waals surface area contributed by atoms with E-state index in [1.807, 2.05) is 45.0 Å². The van der Waals surface area contributed by atoms with Crippen molar-refractivity contribution in [1.82, 2.24) is 9.78 Å². The molecule has 3 heteroatoms. The fraction of sp³-hybridized carbons (Fsp3) is 0.412. The Balaban J connectivity index is 2.41. The van der Waals surface area contributed by atoms with Crippen LogP contribution in [0.5, 0.6) is 0 Å². The lowest BCUT2D eigenvalue weighted by molar-refractivity contribution is 0.0942. The molecule has 0 amide bonds. The standard InChI is InChI=1S/C17H22N2O/c1-11(2)9-16-13(4)18-19(14(16)5)17(20)15-8-6-7-12(3)10-15/h6-8,10-11H,9H2,1-5H3. The third-order valence-electron chi connectivity index (χ3n) is 3.51. The predicted octanol–water partition coefficient (Wildman–Crippen LogP) is 3.70. The van der Waals surface area contributed by atoms with Crippen LogP contribution in [-0.4, -0.2) is 15.7 Å². The number of carbonyl (C=O) groups excluding carboxylic acids is 1. The highest BCUT2D eigenvalue weighted by Crippen LogP contribution is 2.18. The molecule has 0 aliphatic rings. The summed E-state index contributed by atoms with van der Waals surface area (Å²) in [5.74, 6) is 0.503. The maximum Gasteiger partial charge on any atom is 0.278 e. The van der Waals surface area contributed by atoms with Crippen molar-refractivity contribution in [1.29, 1.82) is 0 Å². The summed E-state index contributed by atoms with van der Waals surface area (Å²) < 4.78 is 1.54. The van der Waals surface area contributed by atoms with Crippen LogP contribution >= 0.6 is 0 Å². The molecule has 0 unspecified atom stereocenters. The fourth-order valence-electron chi connectivity index (χ4n) is 2.48. The highest BCUT2D eigenvalue weighted by Gasteiger charge is 2.18. The molecule has 0 atom stereocenters. The van der Waals surface area contributed by atoms with Crippen LogP contribution in [0.3, 0.4) is 0 Å². The van der Waals surface area contributed by atoms with E-state index < -0.39 is 0 Å². The quantitative estimate of drug-likeness (QED) is 0.852. The van der Waals surface area contributed by atoms with E-state index in [0.717, 1.165) is 23.4 Å². The first-order valence-electron chi connectivity index (χ1n) is 7.06. The number of nitrogens with zero attached hydrogens (tertiary/aromatic N) is 2. The summed E-state index contributed by atoms with van der Waals surface area (Å²) in [6, 6.07) is 7.64. The van der Waals surface area contributed by atoms with Crippen molar-refractivity contribution >= 4 is 5.91 Å². The Hall–Kier alpha value is -1.90. The molecule has 0 saturated carbocycles. The van der Waals surface area contributed by atoms with Crippen LogP contribution in [-0.2, 0) is 6.42 Å². The van der Waals surface area contributed by atoms with Crippen LogP contribution < -0.4 is 0 Å². The van der Waals surface area contributed by atoms with Gasteiger partial charge in [-0.1, -0.05) is 31.5 Å². The number of benzene rings is 1. The molecule has 2 aromatic rings. The van der Waals surface area contributed by atoms with Gasteiger partial charge in [-0.3, -0.25) is 4.79 Å². The van der Waals surface area contributed by atoms with Crippen LogP contribution in [0.15, 0.2) is 24.3 Å². The van der Waals surface area contributed by atoms with Gasteiger partial charge in [0.2, 0.25) is 0 Å². The topological polar surface area (TPSA) is 34.9 Å². The summed E-state index contributed by atoms with van der Waals surface area (Å²) in [6.07, 6.45) is 0.957. The normalized spacial score (nSPS) is 11.1. The first-order chi connectivity index (χ1) is 9.40. The number of aryl methyl sites for hydroxylation is 2. The molecule has 2 rings (SSSR count). The smallest absolute Gasteiger partial charge is 0.267 e. The third-order valence-corrected chi connectivity index (χ3v) is 3.51. The molecule has 0 spiro atoms. The van der Waals surface area contributed by atoms with Gasteiger partial charge in [-0.15, -0.1) is 0 Å². The second-order valence-electron chi connectivity index (χ2n) is 5.83. The molecule has 106 valence electrons. The van der Waals surface area contributed by atoms with E-state index in [1.165, 1.54) is 5.56 Å². The van der Waals surface area contributed by atoms with Crippen molar-refractivity contribution in [2.75, 3.05) is 0 Å². The van der Waals surface area contributed by atoms with Crippen LogP contribution in [0.2, 0.25) is 0 Å². The van der Waals surface area contributed by atoms with Crippen LogP contribution in [0.4, 0.5) is 0 Å². The lowest BCUT2D eigenvalue weighted by Crippen LogP contribution is -2.15. The zero-order valence-electron chi connectivity index (χ0n) is 12.9. The Bertz CT molecular complexity index is 638. The largest absolute Gasteiger partial charge is 0.278 e. The minimum absolute atomic E-state index is 0.0516. The molecule has 0 aliphatic carbocycles. The Labute approximate surface area is 120 Å². The van der Waals surface area contributed by atoms with Gasteiger partial charge in [0.15, 0.2) is 0 Å². The van der Waals surface area contributed by atoms with Crippen molar-refractivity contribution in [3.63, 3.8) is 0 Å². The molecule has 0 saturated heterocycles. The molecule has 0 fully saturated rings. The molecule has 20 heavy (non-hydrogen) atoms. The molecule has 0 aliphatic heterocycles. The van der Waals surface area contributed by atoms with Gasteiger partial charge in [0, 0.05) is 11.3 Å². The molecule has 1 heterocycles. The van der Waals surface area contributed by atoms with Gasteiger partial charge in [0.1, 0.15) is 0 Å². The molecular weight excluding hydrogens is 248 g/mol. The fourth-order valence-corrected chi connectivity index (χ4v) is 2.48. The van der Waals surface area contributed by atoms with Crippen LogP contribution in [0.25, 0.3) is 0 Å². The van der Waals surface area contributed by atoms with E-state index in [1.54, 1.807) is 4.68 Å². The zero-order valence-corrected chi connectivity index (χ0v) is 12.9. The molecule has 0 bridgehead atoms. The minimum atomic E-state index is -0.0516. The molecule has 1 aromatic carbocycles.